The van der Waals surface area contributed by atoms with E-state index in [1.807, 2.05) is 307 Å². The second kappa shape index (κ2) is 46.7. The van der Waals surface area contributed by atoms with Gasteiger partial charge in [-0.15, -0.1) is 26.2 Å². The summed E-state index contributed by atoms with van der Waals surface area (Å²) in [5.41, 5.74) is 1.75. The van der Waals surface area contributed by atoms with Gasteiger partial charge in [-0.1, -0.05) is 441 Å². The fourth-order valence-corrected chi connectivity index (χ4v) is 28.8. The number of nitrogens with zero attached hydrogens (tertiary/aromatic N) is 6. The predicted octanol–water partition coefficient (Wildman–Crippen LogP) is 19.9. The Kier molecular flexibility index (Phi) is 42.1. The first-order valence-electron chi connectivity index (χ1n) is 33.8. The minimum absolute atomic E-state index is 0. The van der Waals surface area contributed by atoms with Crippen LogP contribution in [0.5, 0.6) is 0 Å². The van der Waals surface area contributed by atoms with Crippen LogP contribution in [0.25, 0.3) is 29.6 Å². The van der Waals surface area contributed by atoms with Gasteiger partial charge in [-0.2, -0.15) is 0 Å². The minimum Gasteiger partial charge on any atom is -0.672 e. The molecule has 10 rings (SSSR count). The van der Waals surface area contributed by atoms with E-state index in [9.17, 15) is 18.3 Å². The van der Waals surface area contributed by atoms with Crippen LogP contribution in [0.2, 0.25) is 52.4 Å². The van der Waals surface area contributed by atoms with Crippen molar-refractivity contribution < 1.29 is 83.7 Å². The Bertz CT molecular complexity index is 3340. The molecule has 0 aliphatic rings. The molecule has 520 valence electrons. The number of hydrogen-bond acceptors (Lipinski definition) is 4. The molecule has 0 atom stereocenters. The number of benzene rings is 10. The Morgan fingerprint density at radius 1 is 0.240 bits per heavy atom. The molecule has 0 saturated carbocycles. The van der Waals surface area contributed by atoms with Gasteiger partial charge in [0.2, 0.25) is 0 Å². The van der Waals surface area contributed by atoms with Gasteiger partial charge >= 0.3 is 65.4 Å². The van der Waals surface area contributed by atoms with Gasteiger partial charge in [-0.25, -0.2) is 0 Å². The van der Waals surface area contributed by atoms with Crippen LogP contribution in [-0.4, -0.2) is 62.0 Å². The fraction of sp³-hybridized carbons (Fsp3) is 0.250. The van der Waals surface area contributed by atoms with Crippen molar-refractivity contribution in [1.82, 2.24) is 0 Å². The van der Waals surface area contributed by atoms with Gasteiger partial charge < -0.3 is 47.9 Å². The van der Waals surface area contributed by atoms with Gasteiger partial charge in [0.1, 0.15) is 0 Å². The van der Waals surface area contributed by atoms with Crippen LogP contribution in [0, 0.1) is 24.7 Å². The summed E-state index contributed by atoms with van der Waals surface area (Å²) in [5.74, 6) is 0. The number of rotatable bonds is 24. The SMILES string of the molecule is CC(C)(C[N-]P(=O)(c1ccccc1)c1ccccc1)C[N-]P(=O)(c1ccccc1)c1ccccc1.CC(C)(C[N-]P(=O)(c1ccccc1)c1ccccc1)C[N-]P(=O)(c1ccccc1)c1ccccc1.C[SiH](C)[N-][SiH](C)C.C[SiH](C)[N-][SiH](C)C.Cc1ccccc1.Cc1ccccc1.[Y+3].[Y+3]. The molecule has 0 radical (unpaired) electrons. The molecule has 10 nitrogen and oxygen atoms in total. The molecule has 10 aromatic carbocycles. The molecular weight excluding hydrogens is 1520 g/mol. The first-order valence-corrected chi connectivity index (χ1v) is 51.7. The van der Waals surface area contributed by atoms with Crippen LogP contribution in [0.4, 0.5) is 0 Å². The number of hydrogen-bond donors (Lipinski definition) is 0. The van der Waals surface area contributed by atoms with Crippen LogP contribution < -0.4 is 42.4 Å². The third-order valence-corrected chi connectivity index (χ3v) is 34.4. The fourth-order valence-electron chi connectivity index (χ4n) is 9.82. The molecule has 0 bridgehead atoms. The van der Waals surface area contributed by atoms with E-state index in [4.69, 9.17) is 20.3 Å². The predicted molar refractivity (Wildman–Crippen MR) is 444 cm³/mol. The van der Waals surface area contributed by atoms with Crippen molar-refractivity contribution >= 4 is 107 Å². The van der Waals surface area contributed by atoms with E-state index < -0.39 is 75.8 Å². The first kappa shape index (κ1) is 90.2. The van der Waals surface area contributed by atoms with E-state index in [0.717, 1.165) is 0 Å². The Morgan fingerprint density at radius 2 is 0.360 bits per heavy atom. The summed E-state index contributed by atoms with van der Waals surface area (Å²) < 4.78 is 66.1. The van der Waals surface area contributed by atoms with Crippen molar-refractivity contribution in [2.24, 2.45) is 10.8 Å². The van der Waals surface area contributed by atoms with E-state index in [1.54, 1.807) is 0 Å². The molecule has 0 saturated heterocycles. The Balaban J connectivity index is 0.000000369. The van der Waals surface area contributed by atoms with Crippen molar-refractivity contribution in [1.29, 1.82) is 0 Å². The Morgan fingerprint density at radius 3 is 0.450 bits per heavy atom. The third kappa shape index (κ3) is 31.7. The molecule has 0 heterocycles. The molecule has 0 aromatic heterocycles. The van der Waals surface area contributed by atoms with Gasteiger partial charge in [-0.05, 0) is 56.3 Å². The van der Waals surface area contributed by atoms with E-state index in [0.29, 0.717) is 68.6 Å². The van der Waals surface area contributed by atoms with Crippen LogP contribution in [-0.2, 0) is 83.7 Å². The van der Waals surface area contributed by atoms with Crippen LogP contribution in [0.3, 0.4) is 0 Å². The Labute approximate surface area is 659 Å². The zero-order chi connectivity index (χ0) is 71.5. The van der Waals surface area contributed by atoms with E-state index in [1.165, 1.54) is 11.1 Å². The van der Waals surface area contributed by atoms with E-state index in [2.05, 4.69) is 99.8 Å². The summed E-state index contributed by atoms with van der Waals surface area (Å²) in [6.45, 7) is 31.7. The van der Waals surface area contributed by atoms with Gasteiger partial charge in [0.25, 0.3) is 0 Å². The maximum absolute atomic E-state index is 14.3. The molecule has 0 N–H and O–H groups in total. The summed E-state index contributed by atoms with van der Waals surface area (Å²) in [5, 5.41) is 24.9. The molecule has 10 aromatic rings. The first-order chi connectivity index (χ1) is 46.7. The van der Waals surface area contributed by atoms with Crippen molar-refractivity contribution in [2.75, 3.05) is 26.2 Å². The Hall–Kier alpha value is -4.04. The zero-order valence-electron chi connectivity index (χ0n) is 61.3. The summed E-state index contributed by atoms with van der Waals surface area (Å²) in [7, 11) is -14.9. The standard InChI is InChI=1S/2C29H30N2O2P2.2C7H8.2C4H14NSi2.2Y/c2*1-29(2,23-30-34(32,25-15-7-3-8-16-25)26-17-9-4-10-18-26)24-31-35(33,27-19-11-5-12-20-27)28-21-13-6-14-22-28;2*1-7-5-3-2-4-6-7;2*1-6(2)5-7(3)4;;/h2*3-22H,23-24H2,1-2H3;2*2-6H,1H3;2*6-7H,1-4H3;;/q2*-2;;;2*-1;2*+3. The summed E-state index contributed by atoms with van der Waals surface area (Å²) in [6, 6.07) is 95.9. The van der Waals surface area contributed by atoms with Gasteiger partial charge in [0.05, 0.1) is 29.2 Å². The average molecular weight is 1630 g/mol. The molecule has 100 heavy (non-hydrogen) atoms. The molecule has 0 aliphatic carbocycles. The molecule has 0 fully saturated rings. The molecular formula is C80H104N6O4P4Si4Y2. The second-order valence-electron chi connectivity index (χ2n) is 26.5. The van der Waals surface area contributed by atoms with E-state index >= 15 is 0 Å². The largest absolute Gasteiger partial charge is 3.00 e. The maximum atomic E-state index is 14.3. The smallest absolute Gasteiger partial charge is 0.672 e. The molecule has 0 amide bonds. The van der Waals surface area contributed by atoms with Crippen molar-refractivity contribution in [3.63, 3.8) is 0 Å². The van der Waals surface area contributed by atoms with Gasteiger partial charge in [0.15, 0.2) is 0 Å². The van der Waals surface area contributed by atoms with Crippen LogP contribution in [0.1, 0.15) is 38.8 Å². The van der Waals surface area contributed by atoms with Gasteiger partial charge in [-0.3, -0.25) is 0 Å². The second-order valence-corrected chi connectivity index (χ2v) is 47.5. The van der Waals surface area contributed by atoms with Crippen LogP contribution >= 0.6 is 29.2 Å². The van der Waals surface area contributed by atoms with Crippen molar-refractivity contribution in [3.8, 4) is 0 Å². The quantitative estimate of drug-likeness (QED) is 0.0437. The number of aryl methyl sites for hydroxylation is 2. The van der Waals surface area contributed by atoms with Crippen molar-refractivity contribution in [2.45, 2.75) is 93.9 Å². The molecule has 20 heteroatoms. The molecule has 0 unspecified atom stereocenters. The summed E-state index contributed by atoms with van der Waals surface area (Å²) >= 11 is 0. The molecule has 0 aliphatic heterocycles. The summed E-state index contributed by atoms with van der Waals surface area (Å²) in [6.07, 6.45) is 0. The average Bonchev–Trinajstić information content (AvgIpc) is 0.807. The van der Waals surface area contributed by atoms with Crippen molar-refractivity contribution in [3.05, 3.63) is 344 Å². The normalized spacial score (nSPS) is 11.5. The van der Waals surface area contributed by atoms with E-state index in [-0.39, 0.29) is 65.4 Å². The van der Waals surface area contributed by atoms with Crippen LogP contribution in [0.15, 0.2) is 303 Å². The monoisotopic (exact) mass is 1630 g/mol. The zero-order valence-corrected chi connectivity index (χ0v) is 75.1. The minimum atomic E-state index is -3.19. The summed E-state index contributed by atoms with van der Waals surface area (Å²) in [4.78, 5) is 0. The van der Waals surface area contributed by atoms with Gasteiger partial charge in [0, 0.05) is 0 Å². The maximum Gasteiger partial charge on any atom is 3.00 e. The molecule has 0 spiro atoms. The topological polar surface area (TPSA) is 153 Å². The third-order valence-electron chi connectivity index (χ3n) is 14.7.